The molecule has 1 aliphatic carbocycles. The Kier molecular flexibility index (Phi) is 11.6. The fraction of sp³-hybridized carbons (Fsp3) is 0.889. The summed E-state index contributed by atoms with van der Waals surface area (Å²) in [7, 11) is 0. The van der Waals surface area contributed by atoms with E-state index >= 15 is 4.39 Å². The SMILES string of the molecule is C=CC(=O)N1C[C@H](C)N(C2NC(=O)N3C4NC(C(C)CC42)C2C(CCC(Cl)C2F)OCC(O)C(OCC)C2CCNC(C(C)C)C23)C[C@H]1C. The normalized spacial score (nSPS) is 46.5. The van der Waals surface area contributed by atoms with Gasteiger partial charge in [-0.2, -0.15) is 0 Å². The van der Waals surface area contributed by atoms with Gasteiger partial charge in [0.05, 0.1) is 42.6 Å². The molecule has 0 aromatic carbocycles. The summed E-state index contributed by atoms with van der Waals surface area (Å²) < 4.78 is 29.3. The second-order valence-corrected chi connectivity index (χ2v) is 16.6. The number of urea groups is 1. The summed E-state index contributed by atoms with van der Waals surface area (Å²) in [6.45, 7) is 18.6. The van der Waals surface area contributed by atoms with Gasteiger partial charge in [0.15, 0.2) is 0 Å². The van der Waals surface area contributed by atoms with Crippen molar-refractivity contribution in [3.05, 3.63) is 12.7 Å². The molecule has 0 spiro atoms. The summed E-state index contributed by atoms with van der Waals surface area (Å²) in [5.41, 5.74) is 0. The molecule has 6 fully saturated rings. The van der Waals surface area contributed by atoms with Gasteiger partial charge in [0.1, 0.15) is 12.3 Å². The number of carbonyl (C=O) groups is 2. The van der Waals surface area contributed by atoms with E-state index in [2.05, 4.69) is 55.1 Å². The quantitative estimate of drug-likeness (QED) is 0.254. The number of fused-ring (bicyclic) bond motifs is 5. The van der Waals surface area contributed by atoms with E-state index in [-0.39, 0.29) is 78.6 Å². The second-order valence-electron chi connectivity index (χ2n) is 16.0. The van der Waals surface area contributed by atoms with E-state index in [0.717, 1.165) is 19.4 Å². The van der Waals surface area contributed by atoms with Gasteiger partial charge in [-0.1, -0.05) is 27.4 Å². The number of alkyl halides is 2. The standard InChI is InChI=1S/C36H60ClFN6O5/c1-8-27(46)42-15-21(7)43(16-20(42)6)34-23-14-19(5)31-28-26(11-10-24(37)29(28)38)49-17-25(45)33(48-9-2)22-12-13-39-30(18(3)4)32(22)44(35(23)40-31)36(47)41-34/h8,18-26,28-35,39-40,45H,1,9-17H2,2-7H3,(H,41,47)/t19?,20-,21+,22?,23?,24?,25?,26?,28?,29?,30?,31?,32?,33?,34?,35?/m1/s1. The summed E-state index contributed by atoms with van der Waals surface area (Å²) in [5.74, 6) is -0.587. The molecule has 278 valence electrons. The number of carbonyl (C=O) groups excluding carboxylic acids is 2. The minimum absolute atomic E-state index is 0.00966. The van der Waals surface area contributed by atoms with Gasteiger partial charge in [-0.15, -0.1) is 11.6 Å². The minimum Gasteiger partial charge on any atom is -0.388 e. The Morgan fingerprint density at radius 2 is 1.92 bits per heavy atom. The number of piperidine rings is 2. The predicted molar refractivity (Wildman–Crippen MR) is 187 cm³/mol. The third-order valence-electron chi connectivity index (χ3n) is 12.7. The van der Waals surface area contributed by atoms with Crippen LogP contribution in [-0.2, 0) is 14.3 Å². The van der Waals surface area contributed by atoms with Gasteiger partial charge in [-0.05, 0) is 70.9 Å². The molecule has 13 heteroatoms. The highest BCUT2D eigenvalue weighted by atomic mass is 35.5. The van der Waals surface area contributed by atoms with Crippen molar-refractivity contribution in [2.24, 2.45) is 29.6 Å². The average molecular weight is 711 g/mol. The Labute approximate surface area is 297 Å². The maximum atomic E-state index is 16.4. The lowest BCUT2D eigenvalue weighted by atomic mass is 9.69. The molecule has 14 unspecified atom stereocenters. The number of amides is 3. The lowest BCUT2D eigenvalue weighted by Crippen LogP contribution is -2.80. The highest BCUT2D eigenvalue weighted by molar-refractivity contribution is 6.21. The van der Waals surface area contributed by atoms with Crippen LogP contribution in [0.25, 0.3) is 0 Å². The van der Waals surface area contributed by atoms with E-state index in [9.17, 15) is 14.7 Å². The van der Waals surface area contributed by atoms with Crippen molar-refractivity contribution in [2.75, 3.05) is 32.8 Å². The lowest BCUT2D eigenvalue weighted by Gasteiger charge is -2.61. The van der Waals surface area contributed by atoms with Crippen LogP contribution in [0, 0.1) is 29.6 Å². The van der Waals surface area contributed by atoms with Crippen LogP contribution in [0.3, 0.4) is 0 Å². The molecule has 2 bridgehead atoms. The van der Waals surface area contributed by atoms with Crippen LogP contribution in [0.5, 0.6) is 0 Å². The number of aliphatic hydroxyl groups excluding tert-OH is 1. The first-order valence-electron chi connectivity index (χ1n) is 18.8. The van der Waals surface area contributed by atoms with Crippen molar-refractivity contribution in [1.82, 2.24) is 30.7 Å². The maximum absolute atomic E-state index is 16.4. The van der Waals surface area contributed by atoms with Crippen molar-refractivity contribution >= 4 is 23.5 Å². The van der Waals surface area contributed by atoms with Gasteiger partial charge in [0.25, 0.3) is 0 Å². The van der Waals surface area contributed by atoms with Crippen LogP contribution in [0.15, 0.2) is 12.7 Å². The molecule has 6 rings (SSSR count). The number of hydrogen-bond acceptors (Lipinski definition) is 8. The van der Waals surface area contributed by atoms with Crippen molar-refractivity contribution in [1.29, 1.82) is 0 Å². The third-order valence-corrected chi connectivity index (χ3v) is 13.2. The topological polar surface area (TPSA) is 119 Å². The van der Waals surface area contributed by atoms with Crippen LogP contribution < -0.4 is 16.0 Å². The molecular weight excluding hydrogens is 651 g/mol. The van der Waals surface area contributed by atoms with Crippen LogP contribution in [0.1, 0.15) is 67.2 Å². The molecule has 1 saturated carbocycles. The number of nitrogens with one attached hydrogen (secondary N) is 3. The molecule has 11 nitrogen and oxygen atoms in total. The first kappa shape index (κ1) is 37.2. The molecule has 4 N–H and O–H groups in total. The van der Waals surface area contributed by atoms with Gasteiger partial charge in [-0.25, -0.2) is 9.18 Å². The molecule has 5 aliphatic heterocycles. The molecule has 0 radical (unpaired) electrons. The summed E-state index contributed by atoms with van der Waals surface area (Å²) in [4.78, 5) is 33.8. The van der Waals surface area contributed by atoms with Gasteiger partial charge < -0.3 is 35.0 Å². The number of ether oxygens (including phenoxy) is 2. The number of piperazine rings is 1. The Hall–Kier alpha value is -1.54. The summed E-state index contributed by atoms with van der Waals surface area (Å²) in [6.07, 6.45) is 0.0114. The number of rotatable bonds is 5. The molecule has 16 atom stereocenters. The van der Waals surface area contributed by atoms with E-state index in [0.29, 0.717) is 32.5 Å². The lowest BCUT2D eigenvalue weighted by molar-refractivity contribution is -0.164. The minimum atomic E-state index is -1.30. The summed E-state index contributed by atoms with van der Waals surface area (Å²) in [6, 6.07) is -0.903. The Morgan fingerprint density at radius 1 is 1.16 bits per heavy atom. The molecule has 0 aromatic rings. The highest BCUT2D eigenvalue weighted by Crippen LogP contribution is 2.45. The molecule has 3 amide bonds. The average Bonchev–Trinajstić information content (AvgIpc) is 3.07. The first-order chi connectivity index (χ1) is 23.4. The number of halogens is 2. The molecule has 0 aromatic heterocycles. The third kappa shape index (κ3) is 6.89. The van der Waals surface area contributed by atoms with Crippen molar-refractivity contribution in [3.63, 3.8) is 0 Å². The maximum Gasteiger partial charge on any atom is 0.320 e. The predicted octanol–water partition coefficient (Wildman–Crippen LogP) is 2.91. The Balaban J connectivity index is 1.44. The van der Waals surface area contributed by atoms with Crippen molar-refractivity contribution in [2.45, 2.75) is 140 Å². The molecule has 5 heterocycles. The Morgan fingerprint density at radius 3 is 2.61 bits per heavy atom. The van der Waals surface area contributed by atoms with Gasteiger partial charge >= 0.3 is 6.03 Å². The number of aliphatic hydroxyl groups is 1. The summed E-state index contributed by atoms with van der Waals surface area (Å²) >= 11 is 6.64. The van der Waals surface area contributed by atoms with Crippen molar-refractivity contribution < 1.29 is 28.6 Å². The van der Waals surface area contributed by atoms with E-state index in [1.807, 2.05) is 23.6 Å². The smallest absolute Gasteiger partial charge is 0.320 e. The monoisotopic (exact) mass is 710 g/mol. The largest absolute Gasteiger partial charge is 0.388 e. The summed E-state index contributed by atoms with van der Waals surface area (Å²) in [5, 5.41) is 22.3. The fourth-order valence-electron chi connectivity index (χ4n) is 10.4. The van der Waals surface area contributed by atoms with Crippen LogP contribution >= 0.6 is 11.6 Å². The van der Waals surface area contributed by atoms with Crippen LogP contribution in [0.4, 0.5) is 9.18 Å². The number of hydrogen-bond donors (Lipinski definition) is 4. The van der Waals surface area contributed by atoms with E-state index < -0.39 is 41.9 Å². The van der Waals surface area contributed by atoms with E-state index in [1.54, 1.807) is 0 Å². The fourth-order valence-corrected chi connectivity index (χ4v) is 10.7. The molecule has 49 heavy (non-hydrogen) atoms. The molecular formula is C36H60ClFN6O5. The van der Waals surface area contributed by atoms with E-state index in [4.69, 9.17) is 21.1 Å². The van der Waals surface area contributed by atoms with Crippen molar-refractivity contribution in [3.8, 4) is 0 Å². The second kappa shape index (κ2) is 15.2. The van der Waals surface area contributed by atoms with Crippen LogP contribution in [0.2, 0.25) is 0 Å². The Bertz CT molecular complexity index is 1200. The van der Waals surface area contributed by atoms with Crippen LogP contribution in [-0.4, -0.2) is 137 Å². The first-order valence-corrected chi connectivity index (χ1v) is 19.3. The van der Waals surface area contributed by atoms with Gasteiger partial charge in [0, 0.05) is 61.6 Å². The zero-order valence-corrected chi connectivity index (χ0v) is 30.9. The highest BCUT2D eigenvalue weighted by Gasteiger charge is 2.59. The zero-order chi connectivity index (χ0) is 35.3. The number of nitrogens with zero attached hydrogens (tertiary/aromatic N) is 3. The van der Waals surface area contributed by atoms with Gasteiger partial charge in [-0.3, -0.25) is 15.0 Å². The molecule has 5 saturated heterocycles. The zero-order valence-electron chi connectivity index (χ0n) is 30.1. The van der Waals surface area contributed by atoms with Gasteiger partial charge in [0.2, 0.25) is 5.91 Å². The molecule has 6 aliphatic rings. The van der Waals surface area contributed by atoms with E-state index in [1.165, 1.54) is 6.08 Å².